The zero-order chi connectivity index (χ0) is 25.7. The molecule has 1 N–H and O–H groups in total. The minimum Gasteiger partial charge on any atom is -0.464 e. The van der Waals surface area contributed by atoms with E-state index in [9.17, 15) is 14.4 Å². The topological polar surface area (TPSA) is 85.6 Å². The van der Waals surface area contributed by atoms with Crippen molar-refractivity contribution in [3.63, 3.8) is 0 Å². The number of thiophene rings is 1. The SMILES string of the molecule is CC1=C(C(=O)OC2CCCC2)[C@H](c2coc3ccc(C)cc3c2=O)C2=C(C[C@@H](c3cccs3)CC2=O)N1. The Morgan fingerprint density at radius 3 is 2.68 bits per heavy atom. The molecule has 0 saturated heterocycles. The van der Waals surface area contributed by atoms with Crippen LogP contribution in [0.5, 0.6) is 0 Å². The average Bonchev–Trinajstić information content (AvgIpc) is 3.58. The maximum atomic E-state index is 13.8. The Morgan fingerprint density at radius 1 is 1.11 bits per heavy atom. The molecule has 7 heteroatoms. The fraction of sp³-hybridized carbons (Fsp3) is 0.367. The van der Waals surface area contributed by atoms with Gasteiger partial charge in [-0.05, 0) is 69.5 Å². The van der Waals surface area contributed by atoms with Crippen molar-refractivity contribution in [3.05, 3.63) is 90.7 Å². The standard InChI is InChI=1S/C30H29NO5S/c1-16-9-10-24-20(12-16)29(33)21(15-35-24)27-26(30(34)36-19-6-3-4-7-19)17(2)31-22-13-18(14-23(32)28(22)27)25-8-5-11-37-25/h5,8-12,15,18-19,27,31H,3-4,6-7,13-14H2,1-2H3/t18-,27+/m1/s1. The predicted octanol–water partition coefficient (Wildman–Crippen LogP) is 6.01. The molecule has 190 valence electrons. The number of hydrogen-bond acceptors (Lipinski definition) is 7. The molecule has 3 aliphatic rings. The third-order valence-electron chi connectivity index (χ3n) is 7.83. The first-order valence-corrected chi connectivity index (χ1v) is 13.8. The molecule has 0 spiro atoms. The molecule has 0 radical (unpaired) electrons. The zero-order valence-corrected chi connectivity index (χ0v) is 21.8. The molecule has 1 aromatic carbocycles. The number of rotatable bonds is 4. The zero-order valence-electron chi connectivity index (χ0n) is 21.0. The highest BCUT2D eigenvalue weighted by atomic mass is 32.1. The molecule has 2 aliphatic carbocycles. The highest BCUT2D eigenvalue weighted by Gasteiger charge is 2.43. The maximum Gasteiger partial charge on any atom is 0.337 e. The van der Waals surface area contributed by atoms with Gasteiger partial charge >= 0.3 is 5.97 Å². The van der Waals surface area contributed by atoms with Crippen LogP contribution in [0.4, 0.5) is 0 Å². The summed E-state index contributed by atoms with van der Waals surface area (Å²) in [7, 11) is 0. The van der Waals surface area contributed by atoms with Crippen molar-refractivity contribution in [3.8, 4) is 0 Å². The lowest BCUT2D eigenvalue weighted by Crippen LogP contribution is -2.38. The first-order valence-electron chi connectivity index (χ1n) is 12.9. The van der Waals surface area contributed by atoms with Crippen LogP contribution in [0.25, 0.3) is 11.0 Å². The van der Waals surface area contributed by atoms with Crippen molar-refractivity contribution in [2.75, 3.05) is 0 Å². The second-order valence-electron chi connectivity index (χ2n) is 10.4. The molecule has 3 heterocycles. The van der Waals surface area contributed by atoms with Gasteiger partial charge in [-0.2, -0.15) is 0 Å². The van der Waals surface area contributed by atoms with E-state index in [-0.39, 0.29) is 23.2 Å². The van der Waals surface area contributed by atoms with E-state index in [0.717, 1.165) is 41.8 Å². The molecule has 0 unspecified atom stereocenters. The number of esters is 1. The summed E-state index contributed by atoms with van der Waals surface area (Å²) in [5.74, 6) is -1.29. The lowest BCUT2D eigenvalue weighted by atomic mass is 9.73. The molecule has 1 aliphatic heterocycles. The normalized spacial score (nSPS) is 22.4. The summed E-state index contributed by atoms with van der Waals surface area (Å²) < 4.78 is 11.8. The first-order chi connectivity index (χ1) is 17.9. The van der Waals surface area contributed by atoms with E-state index in [4.69, 9.17) is 9.15 Å². The minimum atomic E-state index is -0.830. The van der Waals surface area contributed by atoms with Crippen LogP contribution in [0.2, 0.25) is 0 Å². The molecule has 37 heavy (non-hydrogen) atoms. The van der Waals surface area contributed by atoms with E-state index >= 15 is 0 Å². The third-order valence-corrected chi connectivity index (χ3v) is 8.87. The van der Waals surface area contributed by atoms with Gasteiger partial charge in [0.25, 0.3) is 0 Å². The Morgan fingerprint density at radius 2 is 1.92 bits per heavy atom. The van der Waals surface area contributed by atoms with Crippen LogP contribution in [0.15, 0.2) is 73.7 Å². The number of aryl methyl sites for hydroxylation is 1. The van der Waals surface area contributed by atoms with Gasteiger partial charge in [-0.15, -0.1) is 11.3 Å². The first kappa shape index (κ1) is 23.9. The smallest absolute Gasteiger partial charge is 0.337 e. The molecule has 0 amide bonds. The van der Waals surface area contributed by atoms with Crippen molar-refractivity contribution in [1.82, 2.24) is 5.32 Å². The van der Waals surface area contributed by atoms with Gasteiger partial charge in [-0.25, -0.2) is 4.79 Å². The number of hydrogen-bond donors (Lipinski definition) is 1. The molecule has 2 aromatic heterocycles. The monoisotopic (exact) mass is 515 g/mol. The van der Waals surface area contributed by atoms with Crippen molar-refractivity contribution in [1.29, 1.82) is 0 Å². The van der Waals surface area contributed by atoms with E-state index in [1.807, 2.05) is 31.4 Å². The van der Waals surface area contributed by atoms with Crippen molar-refractivity contribution >= 4 is 34.1 Å². The number of carbonyl (C=O) groups excluding carboxylic acids is 2. The Kier molecular flexibility index (Phi) is 6.11. The van der Waals surface area contributed by atoms with Crippen molar-refractivity contribution in [2.45, 2.75) is 70.3 Å². The summed E-state index contributed by atoms with van der Waals surface area (Å²) in [6, 6.07) is 9.51. The minimum absolute atomic E-state index is 0.0560. The van der Waals surface area contributed by atoms with E-state index < -0.39 is 11.9 Å². The van der Waals surface area contributed by atoms with Crippen LogP contribution in [-0.2, 0) is 14.3 Å². The quantitative estimate of drug-likeness (QED) is 0.428. The Labute approximate surface area is 219 Å². The number of benzene rings is 1. The highest BCUT2D eigenvalue weighted by molar-refractivity contribution is 7.10. The fourth-order valence-electron chi connectivity index (χ4n) is 6.03. The maximum absolute atomic E-state index is 13.8. The van der Waals surface area contributed by atoms with Crippen LogP contribution in [0.1, 0.15) is 73.3 Å². The Bertz CT molecular complexity index is 1520. The summed E-state index contributed by atoms with van der Waals surface area (Å²) in [5, 5.41) is 5.83. The second-order valence-corrected chi connectivity index (χ2v) is 11.3. The van der Waals surface area contributed by atoms with Gasteiger partial charge < -0.3 is 14.5 Å². The number of fused-ring (bicyclic) bond motifs is 1. The van der Waals surface area contributed by atoms with Gasteiger partial charge in [0, 0.05) is 39.7 Å². The molecule has 2 atom stereocenters. The predicted molar refractivity (Wildman–Crippen MR) is 142 cm³/mol. The highest BCUT2D eigenvalue weighted by Crippen LogP contribution is 2.46. The van der Waals surface area contributed by atoms with Gasteiger partial charge in [0.05, 0.1) is 23.1 Å². The number of Topliss-reactive ketones (excluding diaryl/α,β-unsaturated/α-hetero) is 1. The van der Waals surface area contributed by atoms with Crippen LogP contribution >= 0.6 is 11.3 Å². The number of nitrogens with one attached hydrogen (secondary N) is 1. The summed E-state index contributed by atoms with van der Waals surface area (Å²) in [6.45, 7) is 3.74. The van der Waals surface area contributed by atoms with Gasteiger partial charge in [0.15, 0.2) is 11.2 Å². The average molecular weight is 516 g/mol. The summed E-state index contributed by atoms with van der Waals surface area (Å²) in [5.41, 5.74) is 3.69. The number of allylic oxidation sites excluding steroid dienone is 3. The Hall–Kier alpha value is -3.45. The van der Waals surface area contributed by atoms with Gasteiger partial charge in [0.2, 0.25) is 0 Å². The number of ketones is 1. The lowest BCUT2D eigenvalue weighted by molar-refractivity contribution is -0.144. The molecule has 3 aromatic rings. The second kappa shape index (κ2) is 9.45. The van der Waals surface area contributed by atoms with Crippen LogP contribution in [-0.4, -0.2) is 17.9 Å². The lowest BCUT2D eigenvalue weighted by Gasteiger charge is -2.36. The molecular weight excluding hydrogens is 486 g/mol. The fourth-order valence-corrected chi connectivity index (χ4v) is 6.86. The van der Waals surface area contributed by atoms with Crippen molar-refractivity contribution in [2.24, 2.45) is 0 Å². The number of ether oxygens (including phenoxy) is 1. The van der Waals surface area contributed by atoms with Crippen LogP contribution in [0, 0.1) is 6.92 Å². The van der Waals surface area contributed by atoms with Crippen molar-refractivity contribution < 1.29 is 18.7 Å². The molecule has 1 saturated carbocycles. The molecular formula is C30H29NO5S. The van der Waals surface area contributed by atoms with Gasteiger partial charge in [0.1, 0.15) is 11.7 Å². The largest absolute Gasteiger partial charge is 0.464 e. The summed E-state index contributed by atoms with van der Waals surface area (Å²) in [6.07, 6.45) is 6.00. The van der Waals surface area contributed by atoms with E-state index in [0.29, 0.717) is 46.2 Å². The van der Waals surface area contributed by atoms with Gasteiger partial charge in [-0.1, -0.05) is 17.7 Å². The molecule has 6 rings (SSSR count). The van der Waals surface area contributed by atoms with E-state index in [1.165, 1.54) is 6.26 Å². The van der Waals surface area contributed by atoms with Crippen LogP contribution < -0.4 is 10.7 Å². The molecule has 6 nitrogen and oxygen atoms in total. The summed E-state index contributed by atoms with van der Waals surface area (Å²) in [4.78, 5) is 42.4. The molecule has 1 fully saturated rings. The Balaban J connectivity index is 1.49. The summed E-state index contributed by atoms with van der Waals surface area (Å²) >= 11 is 1.64. The number of dihydropyridines is 1. The number of carbonyl (C=O) groups is 2. The van der Waals surface area contributed by atoms with Crippen LogP contribution in [0.3, 0.4) is 0 Å². The van der Waals surface area contributed by atoms with E-state index in [2.05, 4.69) is 11.4 Å². The third kappa shape index (κ3) is 4.25. The van der Waals surface area contributed by atoms with E-state index in [1.54, 1.807) is 23.5 Å². The molecule has 0 bridgehead atoms. The van der Waals surface area contributed by atoms with Gasteiger partial charge in [-0.3, -0.25) is 9.59 Å².